The summed E-state index contributed by atoms with van der Waals surface area (Å²) in [6, 6.07) is 5.54. The zero-order chi connectivity index (χ0) is 11.6. The lowest BCUT2D eigenvalue weighted by Gasteiger charge is -2.27. The molecule has 6 nitrogen and oxygen atoms in total. The molecule has 0 amide bonds. The molecule has 0 fully saturated rings. The summed E-state index contributed by atoms with van der Waals surface area (Å²) in [5.74, 6) is 0.172. The van der Waals surface area contributed by atoms with Crippen LogP contribution in [0.2, 0.25) is 0 Å². The van der Waals surface area contributed by atoms with Crippen molar-refractivity contribution in [2.45, 2.75) is 0 Å². The first-order valence-electron chi connectivity index (χ1n) is 4.20. The zero-order valence-electron chi connectivity index (χ0n) is 8.52. The molecule has 6 heteroatoms. The Morgan fingerprint density at radius 1 is 1.33 bits per heavy atom. The summed E-state index contributed by atoms with van der Waals surface area (Å²) in [5.41, 5.74) is 4.29. The largest absolute Gasteiger partial charge is 0.383 e. The van der Waals surface area contributed by atoms with Gasteiger partial charge in [0.25, 0.3) is 0 Å². The highest BCUT2D eigenvalue weighted by Gasteiger charge is 2.46. The van der Waals surface area contributed by atoms with Crippen LogP contribution in [-0.4, -0.2) is 30.7 Å². The van der Waals surface area contributed by atoms with Gasteiger partial charge < -0.3 is 5.73 Å². The Bertz CT molecular complexity index is 413. The fraction of sp³-hybridized carbons (Fsp3) is 0.444. The summed E-state index contributed by atoms with van der Waals surface area (Å²) in [7, 11) is 3.46. The lowest BCUT2D eigenvalue weighted by Crippen LogP contribution is -2.39. The maximum Gasteiger partial charge on any atom is 0.200 e. The van der Waals surface area contributed by atoms with Gasteiger partial charge in [0.15, 0.2) is 0 Å². The molecule has 1 aliphatic rings. The van der Waals surface area contributed by atoms with Gasteiger partial charge in [0.05, 0.1) is 18.7 Å². The van der Waals surface area contributed by atoms with E-state index in [0.717, 1.165) is 0 Å². The summed E-state index contributed by atoms with van der Waals surface area (Å²) in [6.07, 6.45) is 0. The van der Waals surface area contributed by atoms with Gasteiger partial charge in [-0.15, -0.1) is 0 Å². The van der Waals surface area contributed by atoms with Gasteiger partial charge in [-0.3, -0.25) is 5.01 Å². The number of nitrogens with zero attached hydrogens (tertiary/aromatic N) is 5. The molecule has 1 rings (SSSR count). The lowest BCUT2D eigenvalue weighted by atomic mass is 9.86. The molecule has 1 aliphatic heterocycles. The molecule has 0 spiro atoms. The molecule has 76 valence electrons. The molecule has 0 unspecified atom stereocenters. The van der Waals surface area contributed by atoms with Gasteiger partial charge in [0.2, 0.25) is 5.41 Å². The van der Waals surface area contributed by atoms with E-state index < -0.39 is 5.41 Å². The number of nitrogens with two attached hydrogens (primary N) is 1. The summed E-state index contributed by atoms with van der Waals surface area (Å²) in [5, 5.41) is 30.0. The normalized spacial score (nSPS) is 18.5. The first-order chi connectivity index (χ1) is 7.02. The van der Waals surface area contributed by atoms with Gasteiger partial charge in [-0.05, 0) is 0 Å². The van der Waals surface area contributed by atoms with E-state index >= 15 is 0 Å². The molecule has 15 heavy (non-hydrogen) atoms. The van der Waals surface area contributed by atoms with Gasteiger partial charge in [-0.2, -0.15) is 15.8 Å². The third-order valence-corrected chi connectivity index (χ3v) is 2.32. The Kier molecular flexibility index (Phi) is 2.53. The monoisotopic (exact) mass is 202 g/mol. The number of hydrazine groups is 1. The minimum Gasteiger partial charge on any atom is -0.383 e. The molecule has 0 aromatic heterocycles. The van der Waals surface area contributed by atoms with Crippen LogP contribution in [0.1, 0.15) is 0 Å². The second kappa shape index (κ2) is 3.49. The Balaban J connectivity index is 3.30. The molecule has 1 heterocycles. The molecule has 0 aromatic rings. The Morgan fingerprint density at radius 2 is 1.87 bits per heavy atom. The smallest absolute Gasteiger partial charge is 0.200 e. The molecule has 0 radical (unpaired) electrons. The van der Waals surface area contributed by atoms with Gasteiger partial charge >= 0.3 is 0 Å². The van der Waals surface area contributed by atoms with E-state index in [0.29, 0.717) is 0 Å². The van der Waals surface area contributed by atoms with Crippen molar-refractivity contribution < 1.29 is 0 Å². The van der Waals surface area contributed by atoms with Crippen molar-refractivity contribution in [1.29, 1.82) is 15.8 Å². The van der Waals surface area contributed by atoms with E-state index in [2.05, 4.69) is 0 Å². The molecule has 2 N–H and O–H groups in total. The lowest BCUT2D eigenvalue weighted by molar-refractivity contribution is 0.0664. The van der Waals surface area contributed by atoms with Crippen molar-refractivity contribution in [3.63, 3.8) is 0 Å². The second-order valence-electron chi connectivity index (χ2n) is 3.41. The van der Waals surface area contributed by atoms with E-state index in [1.807, 2.05) is 18.2 Å². The topological polar surface area (TPSA) is 104 Å². The van der Waals surface area contributed by atoms with E-state index in [4.69, 9.17) is 21.5 Å². The van der Waals surface area contributed by atoms with E-state index in [1.165, 1.54) is 5.01 Å². The maximum atomic E-state index is 8.98. The number of hydrogen-bond acceptors (Lipinski definition) is 6. The maximum absolute atomic E-state index is 8.98. The quantitative estimate of drug-likeness (QED) is 0.615. The summed E-state index contributed by atoms with van der Waals surface area (Å²) < 4.78 is 0. The Morgan fingerprint density at radius 3 is 2.13 bits per heavy atom. The van der Waals surface area contributed by atoms with Crippen LogP contribution in [0, 0.1) is 39.4 Å². The van der Waals surface area contributed by atoms with Crippen LogP contribution in [-0.2, 0) is 0 Å². The third kappa shape index (κ3) is 1.36. The predicted octanol–water partition coefficient (Wildman–Crippen LogP) is -0.494. The van der Waals surface area contributed by atoms with Crippen molar-refractivity contribution in [3.05, 3.63) is 11.4 Å². The summed E-state index contributed by atoms with van der Waals surface area (Å²) in [6.45, 7) is 0.0989. The van der Waals surface area contributed by atoms with E-state index in [-0.39, 0.29) is 17.9 Å². The van der Waals surface area contributed by atoms with Crippen LogP contribution in [0.4, 0.5) is 0 Å². The average molecular weight is 202 g/mol. The SMILES string of the molecule is CN(C)N1CC(C#N)(C#N)C(C#N)=C1N. The summed E-state index contributed by atoms with van der Waals surface area (Å²) >= 11 is 0. The molecule has 0 aromatic carbocycles. The standard InChI is InChI=1S/C9H10N6/c1-14(2)15-6-9(4-11,5-12)7(3-10)8(15)13/h6,13H2,1-2H3. The molecule has 0 saturated heterocycles. The Hall–Kier alpha value is -2.23. The Labute approximate surface area is 88.0 Å². The first kappa shape index (κ1) is 10.8. The minimum absolute atomic E-state index is 0.0289. The van der Waals surface area contributed by atoms with Gasteiger partial charge in [-0.1, -0.05) is 0 Å². The van der Waals surface area contributed by atoms with E-state index in [1.54, 1.807) is 19.1 Å². The van der Waals surface area contributed by atoms with E-state index in [9.17, 15) is 0 Å². The second-order valence-corrected chi connectivity index (χ2v) is 3.41. The average Bonchev–Trinajstić information content (AvgIpc) is 2.51. The number of nitriles is 3. The van der Waals surface area contributed by atoms with Crippen LogP contribution >= 0.6 is 0 Å². The van der Waals surface area contributed by atoms with Crippen LogP contribution in [0.25, 0.3) is 0 Å². The third-order valence-electron chi connectivity index (χ3n) is 2.32. The predicted molar refractivity (Wildman–Crippen MR) is 50.9 cm³/mol. The first-order valence-corrected chi connectivity index (χ1v) is 4.20. The molecule has 0 bridgehead atoms. The fourth-order valence-corrected chi connectivity index (χ4v) is 1.45. The van der Waals surface area contributed by atoms with Crippen LogP contribution < -0.4 is 5.73 Å². The van der Waals surface area contributed by atoms with Crippen LogP contribution in [0.3, 0.4) is 0 Å². The van der Waals surface area contributed by atoms with Crippen molar-refractivity contribution in [3.8, 4) is 18.2 Å². The minimum atomic E-state index is -1.44. The molecular formula is C9H10N6. The van der Waals surface area contributed by atoms with Gasteiger partial charge in [-0.25, -0.2) is 5.01 Å². The highest BCUT2D eigenvalue weighted by atomic mass is 15.6. The van der Waals surface area contributed by atoms with Crippen LogP contribution in [0.5, 0.6) is 0 Å². The molecule has 0 saturated carbocycles. The van der Waals surface area contributed by atoms with Gasteiger partial charge in [0, 0.05) is 14.1 Å². The van der Waals surface area contributed by atoms with Gasteiger partial charge in [0.1, 0.15) is 17.5 Å². The van der Waals surface area contributed by atoms with Crippen LogP contribution in [0.15, 0.2) is 11.4 Å². The highest BCUT2D eigenvalue weighted by molar-refractivity contribution is 5.47. The number of rotatable bonds is 1. The molecule has 0 atom stereocenters. The van der Waals surface area contributed by atoms with Crippen molar-refractivity contribution in [2.75, 3.05) is 20.6 Å². The number of hydrogen-bond donors (Lipinski definition) is 1. The fourth-order valence-electron chi connectivity index (χ4n) is 1.45. The van der Waals surface area contributed by atoms with Crippen molar-refractivity contribution in [1.82, 2.24) is 10.0 Å². The zero-order valence-corrected chi connectivity index (χ0v) is 8.52. The summed E-state index contributed by atoms with van der Waals surface area (Å²) in [4.78, 5) is 0. The molecule has 0 aliphatic carbocycles. The molecular weight excluding hydrogens is 192 g/mol. The van der Waals surface area contributed by atoms with Crippen molar-refractivity contribution >= 4 is 0 Å². The van der Waals surface area contributed by atoms with Crippen molar-refractivity contribution in [2.24, 2.45) is 11.1 Å². The highest BCUT2D eigenvalue weighted by Crippen LogP contribution is 2.35.